The van der Waals surface area contributed by atoms with Gasteiger partial charge in [0, 0.05) is 24.5 Å². The van der Waals surface area contributed by atoms with Gasteiger partial charge < -0.3 is 9.32 Å². The van der Waals surface area contributed by atoms with E-state index in [-0.39, 0.29) is 11.8 Å². The van der Waals surface area contributed by atoms with Crippen molar-refractivity contribution in [3.8, 4) is 0 Å². The lowest BCUT2D eigenvalue weighted by Gasteiger charge is -2.34. The Kier molecular flexibility index (Phi) is 6.33. The third kappa shape index (κ3) is 4.76. The average molecular weight is 402 g/mol. The number of nitrogens with zero attached hydrogens (tertiary/aromatic N) is 3. The van der Waals surface area contributed by atoms with E-state index in [1.54, 1.807) is 6.20 Å². The van der Waals surface area contributed by atoms with Crippen molar-refractivity contribution in [2.75, 3.05) is 32.7 Å². The number of likely N-dealkylation sites (tertiary alicyclic amines) is 2. The summed E-state index contributed by atoms with van der Waals surface area (Å²) in [4.78, 5) is 21.6. The standard InChI is InChI=1S/C22H28ClN3O2/c23-20-9-3-2-7-17(20)13-19-14-24-22(28-19)18-8-6-12-26(15-18)21(27)16-25-10-4-1-5-11-25/h2-3,7,9,14,18H,1,4-6,8,10-13,15-16H2/t18-/m1/s1. The number of aromatic nitrogens is 1. The van der Waals surface area contributed by atoms with Crippen molar-refractivity contribution >= 4 is 17.5 Å². The van der Waals surface area contributed by atoms with Crippen LogP contribution in [0.15, 0.2) is 34.9 Å². The molecule has 0 N–H and O–H groups in total. The van der Waals surface area contributed by atoms with Crippen LogP contribution in [-0.4, -0.2) is 53.4 Å². The van der Waals surface area contributed by atoms with E-state index in [9.17, 15) is 4.79 Å². The van der Waals surface area contributed by atoms with Crippen molar-refractivity contribution in [3.05, 3.63) is 52.7 Å². The molecule has 0 saturated carbocycles. The van der Waals surface area contributed by atoms with E-state index >= 15 is 0 Å². The summed E-state index contributed by atoms with van der Waals surface area (Å²) < 4.78 is 6.04. The van der Waals surface area contributed by atoms with E-state index in [2.05, 4.69) is 9.88 Å². The summed E-state index contributed by atoms with van der Waals surface area (Å²) in [5.74, 6) is 1.99. The molecule has 0 radical (unpaired) electrons. The minimum atomic E-state index is 0.180. The maximum atomic E-state index is 12.7. The molecule has 0 spiro atoms. The molecule has 4 rings (SSSR count). The highest BCUT2D eigenvalue weighted by molar-refractivity contribution is 6.31. The van der Waals surface area contributed by atoms with Crippen molar-refractivity contribution in [2.24, 2.45) is 0 Å². The highest BCUT2D eigenvalue weighted by Crippen LogP contribution is 2.28. The van der Waals surface area contributed by atoms with Gasteiger partial charge in [-0.2, -0.15) is 0 Å². The molecule has 5 nitrogen and oxygen atoms in total. The first-order valence-corrected chi connectivity index (χ1v) is 10.7. The van der Waals surface area contributed by atoms with Crippen LogP contribution in [0.1, 0.15) is 55.2 Å². The predicted octanol–water partition coefficient (Wildman–Crippen LogP) is 4.11. The fourth-order valence-electron chi connectivity index (χ4n) is 4.24. The molecule has 1 aromatic heterocycles. The summed E-state index contributed by atoms with van der Waals surface area (Å²) in [5, 5.41) is 0.743. The highest BCUT2D eigenvalue weighted by atomic mass is 35.5. The number of carbonyl (C=O) groups is 1. The minimum absolute atomic E-state index is 0.180. The predicted molar refractivity (Wildman–Crippen MR) is 110 cm³/mol. The SMILES string of the molecule is O=C(CN1CCCCC1)N1CCC[C@@H](c2ncc(Cc3ccccc3Cl)o2)C1. The molecule has 150 valence electrons. The summed E-state index contributed by atoms with van der Waals surface area (Å²) in [6, 6.07) is 7.80. The van der Waals surface area contributed by atoms with Crippen molar-refractivity contribution in [1.29, 1.82) is 0 Å². The minimum Gasteiger partial charge on any atom is -0.445 e. The molecule has 1 aromatic carbocycles. The fraction of sp³-hybridized carbons (Fsp3) is 0.545. The van der Waals surface area contributed by atoms with E-state index < -0.39 is 0 Å². The van der Waals surface area contributed by atoms with Gasteiger partial charge in [0.05, 0.1) is 18.7 Å². The molecule has 0 aliphatic carbocycles. The second kappa shape index (κ2) is 9.10. The Morgan fingerprint density at radius 3 is 2.79 bits per heavy atom. The first kappa shape index (κ1) is 19.5. The quantitative estimate of drug-likeness (QED) is 0.756. The van der Waals surface area contributed by atoms with Crippen LogP contribution in [0.25, 0.3) is 0 Å². The number of oxazole rings is 1. The molecule has 2 fully saturated rings. The molecule has 28 heavy (non-hydrogen) atoms. The largest absolute Gasteiger partial charge is 0.445 e. The summed E-state index contributed by atoms with van der Waals surface area (Å²) in [6.07, 6.45) is 8.15. The molecule has 1 atom stereocenters. The Hall–Kier alpha value is -1.85. The van der Waals surface area contributed by atoms with Gasteiger partial charge in [-0.25, -0.2) is 4.98 Å². The van der Waals surface area contributed by atoms with Crippen molar-refractivity contribution in [2.45, 2.75) is 44.4 Å². The zero-order chi connectivity index (χ0) is 19.3. The van der Waals surface area contributed by atoms with Gasteiger partial charge in [-0.05, 0) is 50.4 Å². The zero-order valence-corrected chi connectivity index (χ0v) is 17.0. The zero-order valence-electron chi connectivity index (χ0n) is 16.3. The third-order valence-corrected chi connectivity index (χ3v) is 6.19. The van der Waals surface area contributed by atoms with Crippen LogP contribution < -0.4 is 0 Å². The Bertz CT molecular complexity index is 801. The molecule has 2 aliphatic heterocycles. The Labute approximate surface area is 171 Å². The molecule has 1 amide bonds. The Morgan fingerprint density at radius 1 is 1.14 bits per heavy atom. The molecular weight excluding hydrogens is 374 g/mol. The van der Waals surface area contributed by atoms with Gasteiger partial charge in [-0.1, -0.05) is 36.2 Å². The normalized spacial score (nSPS) is 21.0. The number of amides is 1. The van der Waals surface area contributed by atoms with Crippen molar-refractivity contribution in [1.82, 2.24) is 14.8 Å². The smallest absolute Gasteiger partial charge is 0.236 e. The summed E-state index contributed by atoms with van der Waals surface area (Å²) in [5.41, 5.74) is 1.04. The lowest BCUT2D eigenvalue weighted by atomic mass is 9.98. The Morgan fingerprint density at radius 2 is 1.96 bits per heavy atom. The lowest BCUT2D eigenvalue weighted by Crippen LogP contribution is -2.45. The molecule has 6 heteroatoms. The van der Waals surface area contributed by atoms with Gasteiger partial charge >= 0.3 is 0 Å². The Balaban J connectivity index is 1.36. The molecule has 0 bridgehead atoms. The van der Waals surface area contributed by atoms with Gasteiger partial charge in [0.15, 0.2) is 5.89 Å². The summed E-state index contributed by atoms with van der Waals surface area (Å²) in [6.45, 7) is 4.20. The van der Waals surface area contributed by atoms with E-state index in [0.29, 0.717) is 19.5 Å². The first-order chi connectivity index (χ1) is 13.7. The number of halogens is 1. The van der Waals surface area contributed by atoms with Crippen molar-refractivity contribution in [3.63, 3.8) is 0 Å². The molecule has 3 heterocycles. The van der Waals surface area contributed by atoms with Crippen LogP contribution in [0.2, 0.25) is 5.02 Å². The lowest BCUT2D eigenvalue weighted by molar-refractivity contribution is -0.134. The summed E-state index contributed by atoms with van der Waals surface area (Å²) >= 11 is 6.25. The maximum Gasteiger partial charge on any atom is 0.236 e. The van der Waals surface area contributed by atoms with Gasteiger partial charge in [0.1, 0.15) is 5.76 Å². The molecule has 2 aliphatic rings. The van der Waals surface area contributed by atoms with Gasteiger partial charge in [0.2, 0.25) is 5.91 Å². The third-order valence-electron chi connectivity index (χ3n) is 5.82. The van der Waals surface area contributed by atoms with E-state index in [1.165, 1.54) is 19.3 Å². The fourth-order valence-corrected chi connectivity index (χ4v) is 4.44. The van der Waals surface area contributed by atoms with Crippen molar-refractivity contribution < 1.29 is 9.21 Å². The van der Waals surface area contributed by atoms with Gasteiger partial charge in [-0.15, -0.1) is 0 Å². The number of benzene rings is 1. The second-order valence-corrected chi connectivity index (χ2v) is 8.36. The highest BCUT2D eigenvalue weighted by Gasteiger charge is 2.28. The number of hydrogen-bond donors (Lipinski definition) is 0. The van der Waals surface area contributed by atoms with E-state index in [4.69, 9.17) is 16.0 Å². The summed E-state index contributed by atoms with van der Waals surface area (Å²) in [7, 11) is 0. The van der Waals surface area contributed by atoms with Gasteiger partial charge in [0.25, 0.3) is 0 Å². The van der Waals surface area contributed by atoms with Crippen LogP contribution in [0.4, 0.5) is 0 Å². The monoisotopic (exact) mass is 401 g/mol. The van der Waals surface area contributed by atoms with Crippen LogP contribution in [0.5, 0.6) is 0 Å². The van der Waals surface area contributed by atoms with E-state index in [1.807, 2.05) is 29.2 Å². The van der Waals surface area contributed by atoms with E-state index in [0.717, 1.165) is 54.7 Å². The van der Waals surface area contributed by atoms with Gasteiger partial charge in [-0.3, -0.25) is 9.69 Å². The molecule has 2 saturated heterocycles. The molecule has 2 aromatic rings. The molecular formula is C22H28ClN3O2. The van der Waals surface area contributed by atoms with Crippen LogP contribution >= 0.6 is 11.6 Å². The number of rotatable bonds is 5. The number of carbonyl (C=O) groups excluding carboxylic acids is 1. The van der Waals surface area contributed by atoms with Crippen LogP contribution in [-0.2, 0) is 11.2 Å². The number of hydrogen-bond acceptors (Lipinski definition) is 4. The molecule has 0 unspecified atom stereocenters. The second-order valence-electron chi connectivity index (χ2n) is 7.95. The average Bonchev–Trinajstić information content (AvgIpc) is 3.19. The van der Waals surface area contributed by atoms with Crippen LogP contribution in [0.3, 0.4) is 0 Å². The topological polar surface area (TPSA) is 49.6 Å². The number of piperidine rings is 2. The van der Waals surface area contributed by atoms with Crippen LogP contribution in [0, 0.1) is 0 Å². The maximum absolute atomic E-state index is 12.7. The first-order valence-electron chi connectivity index (χ1n) is 10.4.